The summed E-state index contributed by atoms with van der Waals surface area (Å²) in [4.78, 5) is 6.71. The van der Waals surface area contributed by atoms with Crippen molar-refractivity contribution in [2.24, 2.45) is 5.73 Å². The Hall–Kier alpha value is -1.39. The Balaban J connectivity index is 2.09. The summed E-state index contributed by atoms with van der Waals surface area (Å²) < 4.78 is 0. The van der Waals surface area contributed by atoms with E-state index >= 15 is 0 Å². The Bertz CT molecular complexity index is 519. The average Bonchev–Trinajstić information content (AvgIpc) is 2.78. The largest absolute Gasteiger partial charge is 0.347 e. The van der Waals surface area contributed by atoms with E-state index < -0.39 is 0 Å². The van der Waals surface area contributed by atoms with Gasteiger partial charge in [-0.15, -0.1) is 11.3 Å². The van der Waals surface area contributed by atoms with Gasteiger partial charge in [-0.1, -0.05) is 29.8 Å². The van der Waals surface area contributed by atoms with Crippen LogP contribution in [0, 0.1) is 6.92 Å². The minimum atomic E-state index is 0.00219. The summed E-state index contributed by atoms with van der Waals surface area (Å²) in [7, 11) is 2.06. The minimum Gasteiger partial charge on any atom is -0.347 e. The second-order valence-electron chi connectivity index (χ2n) is 4.69. The number of nitrogens with zero attached hydrogens (tertiary/aromatic N) is 2. The van der Waals surface area contributed by atoms with Crippen LogP contribution in [0.1, 0.15) is 29.8 Å². The molecule has 0 fully saturated rings. The molecule has 4 heteroatoms. The Morgan fingerprint density at radius 3 is 2.83 bits per heavy atom. The lowest BCUT2D eigenvalue weighted by atomic mass is 10.1. The number of nitrogens with two attached hydrogens (primary N) is 1. The summed E-state index contributed by atoms with van der Waals surface area (Å²) in [6.07, 6.45) is 0. The summed E-state index contributed by atoms with van der Waals surface area (Å²) in [5.74, 6) is 0. The van der Waals surface area contributed by atoms with Crippen molar-refractivity contribution in [2.45, 2.75) is 26.4 Å². The number of hydrogen-bond donors (Lipinski definition) is 1. The van der Waals surface area contributed by atoms with Crippen molar-refractivity contribution in [2.75, 3.05) is 11.9 Å². The monoisotopic (exact) mass is 261 g/mol. The number of aryl methyl sites for hydroxylation is 1. The molecule has 2 N–H and O–H groups in total. The van der Waals surface area contributed by atoms with Gasteiger partial charge in [-0.05, 0) is 19.4 Å². The molecule has 1 heterocycles. The van der Waals surface area contributed by atoms with Gasteiger partial charge >= 0.3 is 0 Å². The first kappa shape index (κ1) is 13.1. The molecule has 1 unspecified atom stereocenters. The van der Waals surface area contributed by atoms with Gasteiger partial charge in [0.25, 0.3) is 0 Å². The van der Waals surface area contributed by atoms with Gasteiger partial charge in [0.2, 0.25) is 0 Å². The van der Waals surface area contributed by atoms with Gasteiger partial charge in [-0.2, -0.15) is 0 Å². The zero-order valence-electron chi connectivity index (χ0n) is 11.1. The molecule has 0 amide bonds. The normalized spacial score (nSPS) is 12.4. The summed E-state index contributed by atoms with van der Waals surface area (Å²) >= 11 is 1.64. The van der Waals surface area contributed by atoms with E-state index in [9.17, 15) is 0 Å². The maximum Gasteiger partial charge on any atom is 0.185 e. The summed E-state index contributed by atoms with van der Waals surface area (Å²) in [6.45, 7) is 4.94. The molecule has 0 saturated heterocycles. The highest BCUT2D eigenvalue weighted by molar-refractivity contribution is 7.13. The van der Waals surface area contributed by atoms with Crippen LogP contribution in [0.15, 0.2) is 29.6 Å². The highest BCUT2D eigenvalue weighted by Crippen LogP contribution is 2.23. The molecule has 0 aliphatic rings. The number of thiazole rings is 1. The van der Waals surface area contributed by atoms with Gasteiger partial charge in [0.05, 0.1) is 5.69 Å². The lowest BCUT2D eigenvalue weighted by Gasteiger charge is -2.16. The van der Waals surface area contributed by atoms with E-state index in [1.165, 1.54) is 11.1 Å². The van der Waals surface area contributed by atoms with Crippen LogP contribution >= 0.6 is 11.3 Å². The topological polar surface area (TPSA) is 42.2 Å². The first-order valence-corrected chi connectivity index (χ1v) is 6.92. The van der Waals surface area contributed by atoms with E-state index in [0.717, 1.165) is 17.4 Å². The fourth-order valence-corrected chi connectivity index (χ4v) is 2.71. The van der Waals surface area contributed by atoms with Crippen LogP contribution in [0.4, 0.5) is 5.13 Å². The molecule has 0 bridgehead atoms. The lowest BCUT2D eigenvalue weighted by molar-refractivity contribution is 0.783. The molecule has 96 valence electrons. The fourth-order valence-electron chi connectivity index (χ4n) is 1.81. The van der Waals surface area contributed by atoms with E-state index in [4.69, 9.17) is 5.73 Å². The van der Waals surface area contributed by atoms with Gasteiger partial charge < -0.3 is 10.6 Å². The predicted molar refractivity (Wildman–Crippen MR) is 78.0 cm³/mol. The van der Waals surface area contributed by atoms with Crippen LogP contribution in [-0.4, -0.2) is 12.0 Å². The number of benzene rings is 1. The molecule has 0 spiro atoms. The van der Waals surface area contributed by atoms with Crippen molar-refractivity contribution >= 4 is 16.5 Å². The first-order valence-electron chi connectivity index (χ1n) is 6.04. The van der Waals surface area contributed by atoms with Crippen LogP contribution < -0.4 is 10.6 Å². The predicted octanol–water partition coefficient (Wildman–Crippen LogP) is 3.11. The molecule has 3 nitrogen and oxygen atoms in total. The van der Waals surface area contributed by atoms with E-state index in [0.29, 0.717) is 0 Å². The zero-order chi connectivity index (χ0) is 13.1. The SMILES string of the molecule is Cc1cccc(CN(C)c2nc(C(C)N)cs2)c1. The fraction of sp³-hybridized carbons (Fsp3) is 0.357. The third-order valence-corrected chi connectivity index (χ3v) is 3.78. The first-order chi connectivity index (χ1) is 8.56. The van der Waals surface area contributed by atoms with Gasteiger partial charge in [-0.3, -0.25) is 0 Å². The van der Waals surface area contributed by atoms with E-state index in [2.05, 4.69) is 48.1 Å². The summed E-state index contributed by atoms with van der Waals surface area (Å²) in [6, 6.07) is 8.55. The van der Waals surface area contributed by atoms with Gasteiger partial charge in [0.1, 0.15) is 0 Å². The number of hydrogen-bond acceptors (Lipinski definition) is 4. The summed E-state index contributed by atoms with van der Waals surface area (Å²) in [5, 5.41) is 3.05. The van der Waals surface area contributed by atoms with Crippen molar-refractivity contribution in [3.8, 4) is 0 Å². The van der Waals surface area contributed by atoms with Gasteiger partial charge in [-0.25, -0.2) is 4.98 Å². The standard InChI is InChI=1S/C14H19N3S/c1-10-5-4-6-12(7-10)8-17(3)14-16-13(9-18-14)11(2)15/h4-7,9,11H,8,15H2,1-3H3. The van der Waals surface area contributed by atoms with Gasteiger partial charge in [0.15, 0.2) is 5.13 Å². The number of anilines is 1. The minimum absolute atomic E-state index is 0.00219. The van der Waals surface area contributed by atoms with Gasteiger partial charge in [0, 0.05) is 25.0 Å². The van der Waals surface area contributed by atoms with Crippen LogP contribution in [0.5, 0.6) is 0 Å². The maximum absolute atomic E-state index is 5.83. The zero-order valence-corrected chi connectivity index (χ0v) is 11.9. The lowest BCUT2D eigenvalue weighted by Crippen LogP contribution is -2.16. The second-order valence-corrected chi connectivity index (χ2v) is 5.53. The third-order valence-electron chi connectivity index (χ3n) is 2.81. The Morgan fingerprint density at radius 2 is 2.22 bits per heavy atom. The molecule has 2 aromatic rings. The average molecular weight is 261 g/mol. The van der Waals surface area contributed by atoms with Crippen molar-refractivity contribution in [1.82, 2.24) is 4.98 Å². The highest BCUT2D eigenvalue weighted by atomic mass is 32.1. The molecule has 1 aromatic carbocycles. The summed E-state index contributed by atoms with van der Waals surface area (Å²) in [5.41, 5.74) is 9.38. The van der Waals surface area contributed by atoms with Crippen molar-refractivity contribution in [1.29, 1.82) is 0 Å². The molecule has 18 heavy (non-hydrogen) atoms. The molecule has 0 radical (unpaired) electrons. The van der Waals surface area contributed by atoms with Crippen LogP contribution in [0.2, 0.25) is 0 Å². The smallest absolute Gasteiger partial charge is 0.185 e. The highest BCUT2D eigenvalue weighted by Gasteiger charge is 2.09. The van der Waals surface area contributed by atoms with Crippen molar-refractivity contribution < 1.29 is 0 Å². The van der Waals surface area contributed by atoms with Crippen LogP contribution in [0.3, 0.4) is 0 Å². The van der Waals surface area contributed by atoms with E-state index in [-0.39, 0.29) is 6.04 Å². The van der Waals surface area contributed by atoms with E-state index in [1.54, 1.807) is 11.3 Å². The van der Waals surface area contributed by atoms with Crippen LogP contribution in [0.25, 0.3) is 0 Å². The number of rotatable bonds is 4. The molecule has 1 aromatic heterocycles. The van der Waals surface area contributed by atoms with Crippen molar-refractivity contribution in [3.63, 3.8) is 0 Å². The molecular weight excluding hydrogens is 242 g/mol. The Labute approximate surface area is 112 Å². The molecular formula is C14H19N3S. The molecule has 2 rings (SSSR count). The van der Waals surface area contributed by atoms with E-state index in [1.807, 2.05) is 12.3 Å². The molecule has 0 aliphatic carbocycles. The molecule has 0 aliphatic heterocycles. The second kappa shape index (κ2) is 5.50. The quantitative estimate of drug-likeness (QED) is 0.919. The molecule has 1 atom stereocenters. The third kappa shape index (κ3) is 3.09. The van der Waals surface area contributed by atoms with Crippen molar-refractivity contribution in [3.05, 3.63) is 46.5 Å². The Kier molecular flexibility index (Phi) is 3.99. The number of aromatic nitrogens is 1. The van der Waals surface area contributed by atoms with Crippen LogP contribution in [-0.2, 0) is 6.54 Å². The Morgan fingerprint density at radius 1 is 1.44 bits per heavy atom. The maximum atomic E-state index is 5.83. The molecule has 0 saturated carbocycles.